The predicted octanol–water partition coefficient (Wildman–Crippen LogP) is 1.99. The van der Waals surface area contributed by atoms with Gasteiger partial charge in [-0.2, -0.15) is 0 Å². The Morgan fingerprint density at radius 2 is 1.64 bits per heavy atom. The van der Waals surface area contributed by atoms with Crippen molar-refractivity contribution < 1.29 is 67.8 Å². The minimum absolute atomic E-state index is 0.00298. The lowest BCUT2D eigenvalue weighted by Crippen LogP contribution is -2.67. The molecule has 0 amide bonds. The van der Waals surface area contributed by atoms with Crippen LogP contribution in [0.3, 0.4) is 0 Å². The number of hydrogen-bond acceptors (Lipinski definition) is 14. The van der Waals surface area contributed by atoms with Gasteiger partial charge in [0, 0.05) is 34.5 Å². The fourth-order valence-electron chi connectivity index (χ4n) is 12.5. The van der Waals surface area contributed by atoms with E-state index in [0.29, 0.717) is 24.0 Å². The van der Waals surface area contributed by atoms with Crippen LogP contribution in [-0.4, -0.2) is 102 Å². The Labute approximate surface area is 317 Å². The van der Waals surface area contributed by atoms with Gasteiger partial charge in [-0.25, -0.2) is 14.4 Å². The second kappa shape index (κ2) is 12.4. The van der Waals surface area contributed by atoms with E-state index in [1.54, 1.807) is 6.92 Å². The van der Waals surface area contributed by atoms with Gasteiger partial charge in [0.05, 0.1) is 45.2 Å². The summed E-state index contributed by atoms with van der Waals surface area (Å²) in [7, 11) is 2.41. The molecule has 8 rings (SSSR count). The molecule has 0 aromatic heterocycles. The van der Waals surface area contributed by atoms with E-state index in [2.05, 4.69) is 11.7 Å². The largest absolute Gasteiger partial charge is 0.469 e. The summed E-state index contributed by atoms with van der Waals surface area (Å²) >= 11 is 0. The lowest BCUT2D eigenvalue weighted by molar-refractivity contribution is -0.191. The topological polar surface area (TPSA) is 209 Å². The molecular formula is C41H48O14. The first-order chi connectivity index (χ1) is 26.0. The molecule has 0 aromatic rings. The molecule has 5 saturated carbocycles. The fourth-order valence-corrected chi connectivity index (χ4v) is 12.5. The molecule has 3 N–H and O–H groups in total. The van der Waals surface area contributed by atoms with Crippen LogP contribution in [0.2, 0.25) is 0 Å². The maximum atomic E-state index is 14.6. The maximum Gasteiger partial charge on any atom is 0.338 e. The van der Waals surface area contributed by atoms with Crippen molar-refractivity contribution in [2.45, 2.75) is 83.5 Å². The molecule has 14 heteroatoms. The number of methoxy groups -OCH3 is 2. The second-order valence-electron chi connectivity index (χ2n) is 17.4. The van der Waals surface area contributed by atoms with Crippen molar-refractivity contribution in [3.8, 4) is 0 Å². The van der Waals surface area contributed by atoms with Crippen LogP contribution < -0.4 is 0 Å². The molecule has 0 aromatic carbocycles. The third-order valence-corrected chi connectivity index (χ3v) is 15.1. The van der Waals surface area contributed by atoms with Crippen LogP contribution in [0.25, 0.3) is 0 Å². The number of rotatable bonds is 10. The van der Waals surface area contributed by atoms with Crippen molar-refractivity contribution in [3.63, 3.8) is 0 Å². The summed E-state index contributed by atoms with van der Waals surface area (Å²) in [5, 5.41) is 34.0. The summed E-state index contributed by atoms with van der Waals surface area (Å²) < 4.78 is 27.7. The number of carbonyl (C=O) groups excluding carboxylic acids is 6. The monoisotopic (exact) mass is 764 g/mol. The second-order valence-corrected chi connectivity index (χ2v) is 17.4. The van der Waals surface area contributed by atoms with Gasteiger partial charge in [-0.1, -0.05) is 19.4 Å². The normalized spacial score (nSPS) is 42.2. The minimum Gasteiger partial charge on any atom is -0.469 e. The molecular weight excluding hydrogens is 716 g/mol. The van der Waals surface area contributed by atoms with E-state index >= 15 is 0 Å². The third-order valence-electron chi connectivity index (χ3n) is 15.1. The average molecular weight is 765 g/mol. The Morgan fingerprint density at radius 1 is 0.927 bits per heavy atom. The number of Topliss-reactive ketones (excluding diaryl/α,β-unsaturated/α-hetero) is 1. The number of allylic oxidation sites excluding steroid dienone is 1. The molecule has 5 fully saturated rings. The van der Waals surface area contributed by atoms with Crippen LogP contribution in [0.1, 0.15) is 66.2 Å². The zero-order chi connectivity index (χ0) is 39.7. The predicted molar refractivity (Wildman–Crippen MR) is 187 cm³/mol. The highest BCUT2D eigenvalue weighted by Gasteiger charge is 2.84. The zero-order valence-electron chi connectivity index (χ0n) is 31.9. The maximum absolute atomic E-state index is 14.6. The average Bonchev–Trinajstić information content (AvgIpc) is 4.08. The van der Waals surface area contributed by atoms with E-state index in [9.17, 15) is 44.1 Å². The van der Waals surface area contributed by atoms with Crippen molar-refractivity contribution >= 4 is 35.6 Å². The van der Waals surface area contributed by atoms with E-state index in [1.165, 1.54) is 27.2 Å². The number of fused-ring (bicyclic) bond motifs is 7. The highest BCUT2D eigenvalue weighted by molar-refractivity contribution is 6.09. The first-order valence-electron chi connectivity index (χ1n) is 19.1. The van der Waals surface area contributed by atoms with Crippen LogP contribution >= 0.6 is 0 Å². The van der Waals surface area contributed by atoms with Gasteiger partial charge >= 0.3 is 29.8 Å². The van der Waals surface area contributed by atoms with Crippen LogP contribution in [0.4, 0.5) is 0 Å². The Bertz CT molecular complexity index is 1970. The van der Waals surface area contributed by atoms with Gasteiger partial charge in [-0.3, -0.25) is 14.4 Å². The quantitative estimate of drug-likeness (QED) is 0.126. The Hall–Kier alpha value is -4.14. The molecule has 0 bridgehead atoms. The molecule has 0 radical (unpaired) electrons. The number of ketones is 1. The Balaban J connectivity index is 1.30. The number of ether oxygens (including phenoxy) is 5. The summed E-state index contributed by atoms with van der Waals surface area (Å²) in [5.41, 5.74) is -2.00. The highest BCUT2D eigenvalue weighted by Crippen LogP contribution is 2.83. The number of aliphatic hydroxyl groups is 3. The highest BCUT2D eigenvalue weighted by atomic mass is 16.6. The number of esters is 5. The molecule has 14 nitrogen and oxygen atoms in total. The van der Waals surface area contributed by atoms with Crippen molar-refractivity contribution in [1.82, 2.24) is 0 Å². The summed E-state index contributed by atoms with van der Waals surface area (Å²) in [6.07, 6.45) is 1.12. The Morgan fingerprint density at radius 3 is 2.31 bits per heavy atom. The summed E-state index contributed by atoms with van der Waals surface area (Å²) in [4.78, 5) is 79.8. The van der Waals surface area contributed by atoms with Crippen LogP contribution in [0, 0.1) is 52.3 Å². The van der Waals surface area contributed by atoms with E-state index < -0.39 is 88.1 Å². The first-order valence-corrected chi connectivity index (χ1v) is 19.1. The third kappa shape index (κ3) is 4.89. The molecule has 8 aliphatic rings. The summed E-state index contributed by atoms with van der Waals surface area (Å²) in [5.74, 6) is -6.56. The minimum atomic E-state index is -1.55. The lowest BCUT2D eigenvalue weighted by atomic mass is 9.42. The van der Waals surface area contributed by atoms with E-state index in [-0.39, 0.29) is 72.9 Å². The number of carbonyl (C=O) groups is 6. The van der Waals surface area contributed by atoms with Gasteiger partial charge in [0.1, 0.15) is 30.5 Å². The molecule has 296 valence electrons. The lowest BCUT2D eigenvalue weighted by Gasteiger charge is -2.63. The van der Waals surface area contributed by atoms with Crippen molar-refractivity contribution in [3.05, 3.63) is 45.1 Å². The molecule has 1 unspecified atom stereocenters. The molecule has 55 heavy (non-hydrogen) atoms. The number of hydrogen-bond donors (Lipinski definition) is 3. The smallest absolute Gasteiger partial charge is 0.338 e. The van der Waals surface area contributed by atoms with Gasteiger partial charge in [0.15, 0.2) is 5.78 Å². The Kier molecular flexibility index (Phi) is 8.54. The van der Waals surface area contributed by atoms with Crippen molar-refractivity contribution in [2.75, 3.05) is 34.0 Å². The number of aliphatic hydroxyl groups excluding tert-OH is 2. The van der Waals surface area contributed by atoms with Gasteiger partial charge in [0.2, 0.25) is 0 Å². The standard InChI is InChI=1S/C41H48O14/c1-17(14-42)9-30(45)54-16-40(50)25-12-24(25)38(3)26(40)13-23-21(15-53-29(44)8-7-28(43)51-5)37(49)55-41(23)27(38)11-20-19-10-22(19)39(4)32(20)33(41)31(34(46)35(39)47)18(2)36(48)52-6/h9,19,22,24-27,33,35,42,47,50H,7-8,10-16H2,1-6H3/b17-9+,31-18-/t19-,22-,24-,25+,26-,27+,33+,35+,38+,39+,40+,41?/m1/s1. The summed E-state index contributed by atoms with van der Waals surface area (Å²) in [6, 6.07) is 0. The first kappa shape index (κ1) is 37.8. The molecule has 1 heterocycles. The van der Waals surface area contributed by atoms with E-state index in [4.69, 9.17) is 18.9 Å². The van der Waals surface area contributed by atoms with Gasteiger partial charge in [-0.05, 0) is 85.3 Å². The van der Waals surface area contributed by atoms with Crippen LogP contribution in [0.5, 0.6) is 0 Å². The van der Waals surface area contributed by atoms with E-state index in [0.717, 1.165) is 17.6 Å². The van der Waals surface area contributed by atoms with Crippen molar-refractivity contribution in [2.24, 2.45) is 52.3 Å². The zero-order valence-corrected chi connectivity index (χ0v) is 31.9. The van der Waals surface area contributed by atoms with Gasteiger partial charge in [-0.15, -0.1) is 0 Å². The molecule has 1 spiro atoms. The summed E-state index contributed by atoms with van der Waals surface area (Å²) in [6.45, 7) is 5.86. The fraction of sp³-hybridized carbons (Fsp3) is 0.659. The van der Waals surface area contributed by atoms with Gasteiger partial charge in [0.25, 0.3) is 0 Å². The van der Waals surface area contributed by atoms with Crippen LogP contribution in [-0.2, 0) is 52.5 Å². The van der Waals surface area contributed by atoms with Crippen molar-refractivity contribution in [1.29, 1.82) is 0 Å². The van der Waals surface area contributed by atoms with Crippen LogP contribution in [0.15, 0.2) is 45.1 Å². The molecule has 7 aliphatic carbocycles. The van der Waals surface area contributed by atoms with Gasteiger partial charge < -0.3 is 39.0 Å². The molecule has 0 saturated heterocycles. The molecule has 1 aliphatic heterocycles. The molecule has 12 atom stereocenters. The SMILES string of the molecule is COC(=O)CCC(=O)OCC1=C2C[C@H]3[C@](O)(COC(=O)/C=C(\C)CO)[C@H]4C[C@H]4[C@]3(C)[C@@H]3CC4=C5[C@H](/C(=C(\C)C(=O)OC)C(=O)[C@H](O)[C@@]5(C)[C@@H]5C[C@H]45)C23OC1=O. The van der Waals surface area contributed by atoms with E-state index in [1.807, 2.05) is 6.92 Å².